The molecule has 0 atom stereocenters. The minimum atomic E-state index is -0.00239. The minimum absolute atomic E-state index is 0.00239. The molecule has 0 bridgehead atoms. The second kappa shape index (κ2) is 13.3. The van der Waals surface area contributed by atoms with Crippen molar-refractivity contribution in [3.8, 4) is 5.75 Å². The predicted molar refractivity (Wildman–Crippen MR) is 130 cm³/mol. The molecule has 0 spiro atoms. The van der Waals surface area contributed by atoms with Gasteiger partial charge in [0, 0.05) is 0 Å². The fourth-order valence-electron chi connectivity index (χ4n) is 6.04. The second-order valence-corrected chi connectivity index (χ2v) is 10.4. The lowest BCUT2D eigenvalue weighted by Gasteiger charge is -2.37. The number of hydrogen-bond donors (Lipinski definition) is 0. The van der Waals surface area contributed by atoms with Crippen LogP contribution >= 0.6 is 0 Å². The van der Waals surface area contributed by atoms with E-state index in [1.54, 1.807) is 0 Å². The number of aryl methyl sites for hydroxylation is 1. The third-order valence-electron chi connectivity index (χ3n) is 8.07. The SMILES string of the molecule is CCCCCCCc1ccc(OC(=O)C2CCC(C3CCC(CCC)CC3)CC2)cc1. The molecule has 31 heavy (non-hydrogen) atoms. The first-order valence-corrected chi connectivity index (χ1v) is 13.5. The van der Waals surface area contributed by atoms with Gasteiger partial charge < -0.3 is 4.74 Å². The van der Waals surface area contributed by atoms with Gasteiger partial charge in [0.15, 0.2) is 0 Å². The fourth-order valence-corrected chi connectivity index (χ4v) is 6.04. The van der Waals surface area contributed by atoms with Crippen LogP contribution in [0.4, 0.5) is 0 Å². The molecule has 0 unspecified atom stereocenters. The molecule has 2 aliphatic rings. The molecule has 2 saturated carbocycles. The molecule has 2 aliphatic carbocycles. The number of hydrogen-bond acceptors (Lipinski definition) is 2. The Hall–Kier alpha value is -1.31. The van der Waals surface area contributed by atoms with Crippen LogP contribution in [0.2, 0.25) is 0 Å². The van der Waals surface area contributed by atoms with E-state index in [0.717, 1.165) is 42.8 Å². The Morgan fingerprint density at radius 2 is 1.39 bits per heavy atom. The van der Waals surface area contributed by atoms with Gasteiger partial charge in [-0.05, 0) is 86.8 Å². The molecule has 3 rings (SSSR count). The summed E-state index contributed by atoms with van der Waals surface area (Å²) in [6.07, 6.45) is 20.7. The van der Waals surface area contributed by atoms with Crippen molar-refractivity contribution >= 4 is 5.97 Å². The number of carbonyl (C=O) groups excluding carboxylic acids is 1. The van der Waals surface area contributed by atoms with E-state index in [4.69, 9.17) is 4.74 Å². The van der Waals surface area contributed by atoms with Crippen molar-refractivity contribution in [2.24, 2.45) is 23.7 Å². The van der Waals surface area contributed by atoms with Gasteiger partial charge >= 0.3 is 5.97 Å². The zero-order chi connectivity index (χ0) is 21.9. The van der Waals surface area contributed by atoms with Gasteiger partial charge in [-0.25, -0.2) is 0 Å². The summed E-state index contributed by atoms with van der Waals surface area (Å²) < 4.78 is 5.75. The summed E-state index contributed by atoms with van der Waals surface area (Å²) in [5.41, 5.74) is 1.35. The summed E-state index contributed by atoms with van der Waals surface area (Å²) in [6.45, 7) is 4.57. The molecule has 1 aromatic rings. The zero-order valence-electron chi connectivity index (χ0n) is 20.2. The first kappa shape index (κ1) is 24.3. The van der Waals surface area contributed by atoms with E-state index in [-0.39, 0.29) is 11.9 Å². The largest absolute Gasteiger partial charge is 0.426 e. The van der Waals surface area contributed by atoms with E-state index < -0.39 is 0 Å². The fraction of sp³-hybridized carbons (Fsp3) is 0.759. The number of carbonyl (C=O) groups is 1. The summed E-state index contributed by atoms with van der Waals surface area (Å²) in [7, 11) is 0. The number of ether oxygens (including phenoxy) is 1. The Morgan fingerprint density at radius 3 is 2.00 bits per heavy atom. The highest BCUT2D eigenvalue weighted by molar-refractivity contribution is 5.75. The maximum atomic E-state index is 12.7. The Labute approximate surface area is 191 Å². The Kier molecular flexibility index (Phi) is 10.4. The zero-order valence-corrected chi connectivity index (χ0v) is 20.2. The van der Waals surface area contributed by atoms with Crippen LogP contribution < -0.4 is 4.74 Å². The normalized spacial score (nSPS) is 26.5. The van der Waals surface area contributed by atoms with E-state index in [2.05, 4.69) is 26.0 Å². The van der Waals surface area contributed by atoms with Gasteiger partial charge in [0.05, 0.1) is 5.92 Å². The van der Waals surface area contributed by atoms with Crippen LogP contribution in [0.3, 0.4) is 0 Å². The topological polar surface area (TPSA) is 26.3 Å². The number of rotatable bonds is 11. The lowest BCUT2D eigenvalue weighted by molar-refractivity contribution is -0.140. The second-order valence-electron chi connectivity index (χ2n) is 10.4. The molecule has 0 N–H and O–H groups in total. The van der Waals surface area contributed by atoms with Crippen LogP contribution in [0.25, 0.3) is 0 Å². The van der Waals surface area contributed by atoms with Gasteiger partial charge in [-0.15, -0.1) is 0 Å². The van der Waals surface area contributed by atoms with Gasteiger partial charge in [0.25, 0.3) is 0 Å². The highest BCUT2D eigenvalue weighted by Crippen LogP contribution is 2.42. The minimum Gasteiger partial charge on any atom is -0.426 e. The summed E-state index contributed by atoms with van der Waals surface area (Å²) in [5.74, 6) is 3.57. The van der Waals surface area contributed by atoms with Crippen molar-refractivity contribution in [3.05, 3.63) is 29.8 Å². The average Bonchev–Trinajstić information content (AvgIpc) is 2.81. The van der Waals surface area contributed by atoms with Crippen LogP contribution in [0, 0.1) is 23.7 Å². The van der Waals surface area contributed by atoms with E-state index in [0.29, 0.717) is 0 Å². The molecule has 0 amide bonds. The Morgan fingerprint density at radius 1 is 0.774 bits per heavy atom. The van der Waals surface area contributed by atoms with Gasteiger partial charge in [0.2, 0.25) is 0 Å². The average molecular weight is 427 g/mol. The van der Waals surface area contributed by atoms with Crippen LogP contribution in [-0.4, -0.2) is 5.97 Å². The predicted octanol–water partition coefficient (Wildman–Crippen LogP) is 8.52. The van der Waals surface area contributed by atoms with Gasteiger partial charge in [-0.3, -0.25) is 4.79 Å². The highest BCUT2D eigenvalue weighted by Gasteiger charge is 2.33. The van der Waals surface area contributed by atoms with Crippen molar-refractivity contribution in [3.63, 3.8) is 0 Å². The molecular formula is C29H46O2. The Bertz CT molecular complexity index is 619. The third-order valence-corrected chi connectivity index (χ3v) is 8.07. The summed E-state index contributed by atoms with van der Waals surface area (Å²) >= 11 is 0. The van der Waals surface area contributed by atoms with E-state index >= 15 is 0 Å². The molecule has 174 valence electrons. The molecule has 0 aromatic heterocycles. The van der Waals surface area contributed by atoms with Crippen LogP contribution in [0.5, 0.6) is 5.75 Å². The van der Waals surface area contributed by atoms with E-state index in [1.165, 1.54) is 89.0 Å². The first-order chi connectivity index (χ1) is 15.2. The van der Waals surface area contributed by atoms with Crippen molar-refractivity contribution in [1.29, 1.82) is 0 Å². The molecule has 0 heterocycles. The smallest absolute Gasteiger partial charge is 0.314 e. The summed E-state index contributed by atoms with van der Waals surface area (Å²) in [6, 6.07) is 8.24. The van der Waals surface area contributed by atoms with Gasteiger partial charge in [0.1, 0.15) is 5.75 Å². The monoisotopic (exact) mass is 426 g/mol. The standard InChI is InChI=1S/C29H46O2/c1-3-5-6-7-8-10-24-13-21-28(22-14-24)31-29(30)27-19-17-26(18-20-27)25-15-11-23(9-4-2)12-16-25/h13-14,21-23,25-27H,3-12,15-20H2,1-2H3. The van der Waals surface area contributed by atoms with Crippen molar-refractivity contribution in [2.75, 3.05) is 0 Å². The van der Waals surface area contributed by atoms with Crippen LogP contribution in [0.15, 0.2) is 24.3 Å². The van der Waals surface area contributed by atoms with E-state index in [9.17, 15) is 4.79 Å². The quantitative estimate of drug-likeness (QED) is 0.201. The molecule has 2 heteroatoms. The van der Waals surface area contributed by atoms with Crippen molar-refractivity contribution in [1.82, 2.24) is 0 Å². The number of unbranched alkanes of at least 4 members (excludes halogenated alkanes) is 4. The number of benzene rings is 1. The van der Waals surface area contributed by atoms with E-state index in [1.807, 2.05) is 12.1 Å². The maximum absolute atomic E-state index is 12.7. The number of esters is 1. The summed E-state index contributed by atoms with van der Waals surface area (Å²) in [4.78, 5) is 12.7. The molecule has 2 nitrogen and oxygen atoms in total. The lowest BCUT2D eigenvalue weighted by Crippen LogP contribution is -2.30. The van der Waals surface area contributed by atoms with Crippen LogP contribution in [-0.2, 0) is 11.2 Å². The summed E-state index contributed by atoms with van der Waals surface area (Å²) in [5, 5.41) is 0. The van der Waals surface area contributed by atoms with Crippen LogP contribution in [0.1, 0.15) is 116 Å². The molecule has 1 aromatic carbocycles. The molecule has 0 radical (unpaired) electrons. The first-order valence-electron chi connectivity index (χ1n) is 13.5. The van der Waals surface area contributed by atoms with Crippen molar-refractivity contribution in [2.45, 2.75) is 117 Å². The molecule has 0 saturated heterocycles. The maximum Gasteiger partial charge on any atom is 0.314 e. The highest BCUT2D eigenvalue weighted by atomic mass is 16.5. The molecule has 0 aliphatic heterocycles. The lowest BCUT2D eigenvalue weighted by atomic mass is 9.69. The van der Waals surface area contributed by atoms with Gasteiger partial charge in [-0.2, -0.15) is 0 Å². The van der Waals surface area contributed by atoms with Gasteiger partial charge in [-0.1, -0.05) is 77.3 Å². The van der Waals surface area contributed by atoms with Crippen molar-refractivity contribution < 1.29 is 9.53 Å². The molecular weight excluding hydrogens is 380 g/mol. The third kappa shape index (κ3) is 7.95. The molecule has 2 fully saturated rings. The Balaban J connectivity index is 1.35.